The van der Waals surface area contributed by atoms with E-state index in [1.807, 2.05) is 44.3 Å². The van der Waals surface area contributed by atoms with E-state index in [0.717, 1.165) is 16.5 Å². The Morgan fingerprint density at radius 2 is 1.72 bits per heavy atom. The van der Waals surface area contributed by atoms with Gasteiger partial charge in [0.1, 0.15) is 0 Å². The van der Waals surface area contributed by atoms with E-state index in [0.29, 0.717) is 11.3 Å². The fourth-order valence-electron chi connectivity index (χ4n) is 2.81. The van der Waals surface area contributed by atoms with E-state index in [4.69, 9.17) is 0 Å². The maximum Gasteiger partial charge on any atom is 0.337 e. The summed E-state index contributed by atoms with van der Waals surface area (Å²) in [5, 5.41) is 3.95. The summed E-state index contributed by atoms with van der Waals surface area (Å²) >= 11 is 0. The number of H-pyrrole nitrogens is 1. The minimum atomic E-state index is -0.722. The lowest BCUT2D eigenvalue weighted by Crippen LogP contribution is -2.34. The molecule has 1 heterocycles. The second-order valence-electron chi connectivity index (χ2n) is 6.40. The molecule has 0 spiro atoms. The van der Waals surface area contributed by atoms with Crippen molar-refractivity contribution in [3.8, 4) is 0 Å². The topological polar surface area (TPSA) is 71.2 Å². The summed E-state index contributed by atoms with van der Waals surface area (Å²) in [5.41, 5.74) is 2.29. The lowest BCUT2D eigenvalue weighted by molar-refractivity contribution is -0.120. The van der Waals surface area contributed by atoms with Gasteiger partial charge in [-0.3, -0.25) is 4.79 Å². The summed E-state index contributed by atoms with van der Waals surface area (Å²) in [6.45, 7) is 3.78. The average molecular weight is 336 g/mol. The van der Waals surface area contributed by atoms with Gasteiger partial charge in [-0.25, -0.2) is 4.79 Å². The van der Waals surface area contributed by atoms with Crippen LogP contribution < -0.4 is 5.32 Å². The van der Waals surface area contributed by atoms with Gasteiger partial charge in [0.15, 0.2) is 0 Å². The van der Waals surface area contributed by atoms with Crippen LogP contribution in [-0.4, -0.2) is 24.0 Å². The highest BCUT2D eigenvalue weighted by Gasteiger charge is 2.32. The number of hydrogen-bond acceptors (Lipinski definition) is 3. The van der Waals surface area contributed by atoms with Crippen LogP contribution in [0.1, 0.15) is 29.8 Å². The number of methoxy groups -OCH3 is 1. The van der Waals surface area contributed by atoms with Crippen molar-refractivity contribution in [2.24, 2.45) is 0 Å². The average Bonchev–Trinajstić information content (AvgIpc) is 3.06. The normalized spacial score (nSPS) is 11.3. The zero-order valence-electron chi connectivity index (χ0n) is 14.4. The van der Waals surface area contributed by atoms with Crippen LogP contribution in [-0.2, 0) is 14.9 Å². The maximum absolute atomic E-state index is 12.8. The number of fused-ring (bicyclic) bond motifs is 1. The second kappa shape index (κ2) is 6.43. The highest BCUT2D eigenvalue weighted by atomic mass is 16.5. The van der Waals surface area contributed by atoms with Gasteiger partial charge in [-0.1, -0.05) is 18.2 Å². The Morgan fingerprint density at radius 3 is 2.40 bits per heavy atom. The number of para-hydroxylation sites is 1. The lowest BCUT2D eigenvalue weighted by Gasteiger charge is -2.23. The molecule has 0 atom stereocenters. The summed E-state index contributed by atoms with van der Waals surface area (Å²) in [6.07, 6.45) is 1.88. The molecule has 5 nitrogen and oxygen atoms in total. The van der Waals surface area contributed by atoms with E-state index in [-0.39, 0.29) is 5.91 Å². The molecule has 3 aromatic rings. The van der Waals surface area contributed by atoms with Gasteiger partial charge in [0.05, 0.1) is 18.1 Å². The van der Waals surface area contributed by atoms with Crippen molar-refractivity contribution in [2.45, 2.75) is 19.3 Å². The Hall–Kier alpha value is -3.08. The Morgan fingerprint density at radius 1 is 1.04 bits per heavy atom. The number of anilines is 1. The first kappa shape index (κ1) is 16.8. The minimum Gasteiger partial charge on any atom is -0.465 e. The SMILES string of the molecule is COC(=O)c1ccc(NC(=O)C(C)(C)c2c[nH]c3ccccc23)cc1. The van der Waals surface area contributed by atoms with Crippen LogP contribution in [0, 0.1) is 0 Å². The number of amides is 1. The molecule has 25 heavy (non-hydrogen) atoms. The van der Waals surface area contributed by atoms with E-state index in [1.54, 1.807) is 24.3 Å². The minimum absolute atomic E-state index is 0.122. The molecule has 2 aromatic carbocycles. The first-order valence-corrected chi connectivity index (χ1v) is 8.00. The fourth-order valence-corrected chi connectivity index (χ4v) is 2.81. The van der Waals surface area contributed by atoms with E-state index < -0.39 is 11.4 Å². The number of ether oxygens (including phenoxy) is 1. The Kier molecular flexibility index (Phi) is 4.31. The number of aromatic amines is 1. The largest absolute Gasteiger partial charge is 0.465 e. The molecule has 2 N–H and O–H groups in total. The van der Waals surface area contributed by atoms with E-state index in [1.165, 1.54) is 7.11 Å². The van der Waals surface area contributed by atoms with Crippen molar-refractivity contribution in [3.63, 3.8) is 0 Å². The van der Waals surface area contributed by atoms with Gasteiger partial charge in [0.2, 0.25) is 5.91 Å². The first-order chi connectivity index (χ1) is 11.9. The molecular formula is C20H20N2O3. The number of hydrogen-bond donors (Lipinski definition) is 2. The maximum atomic E-state index is 12.8. The Balaban J connectivity index is 1.83. The molecule has 0 bridgehead atoms. The number of benzene rings is 2. The van der Waals surface area contributed by atoms with Gasteiger partial charge >= 0.3 is 5.97 Å². The third kappa shape index (κ3) is 3.13. The first-order valence-electron chi connectivity index (χ1n) is 8.00. The predicted molar refractivity (Wildman–Crippen MR) is 97.7 cm³/mol. The van der Waals surface area contributed by atoms with Crippen LogP contribution in [0.3, 0.4) is 0 Å². The smallest absolute Gasteiger partial charge is 0.337 e. The number of aromatic nitrogens is 1. The Labute approximate surface area is 146 Å². The van der Waals surface area contributed by atoms with Crippen LogP contribution in [0.15, 0.2) is 54.7 Å². The molecular weight excluding hydrogens is 316 g/mol. The second-order valence-corrected chi connectivity index (χ2v) is 6.40. The van der Waals surface area contributed by atoms with Gasteiger partial charge in [-0.05, 0) is 49.7 Å². The molecule has 1 amide bonds. The van der Waals surface area contributed by atoms with E-state index in [9.17, 15) is 9.59 Å². The third-order valence-corrected chi connectivity index (χ3v) is 4.39. The van der Waals surface area contributed by atoms with Crippen molar-refractivity contribution >= 4 is 28.5 Å². The number of carbonyl (C=O) groups is 2. The molecule has 0 radical (unpaired) electrons. The van der Waals surface area contributed by atoms with Crippen molar-refractivity contribution in [1.29, 1.82) is 0 Å². The quantitative estimate of drug-likeness (QED) is 0.711. The molecule has 1 aromatic heterocycles. The van der Waals surface area contributed by atoms with Crippen LogP contribution >= 0.6 is 0 Å². The van der Waals surface area contributed by atoms with Gasteiger partial charge < -0.3 is 15.0 Å². The van der Waals surface area contributed by atoms with Crippen molar-refractivity contribution in [1.82, 2.24) is 4.98 Å². The van der Waals surface area contributed by atoms with Crippen LogP contribution in [0.2, 0.25) is 0 Å². The standard InChI is InChI=1S/C20H20N2O3/c1-20(2,16-12-21-17-7-5-4-6-15(16)17)19(24)22-14-10-8-13(9-11-14)18(23)25-3/h4-12,21H,1-3H3,(H,22,24). The predicted octanol–water partition coefficient (Wildman–Crippen LogP) is 3.87. The molecule has 3 rings (SSSR count). The summed E-state index contributed by atoms with van der Waals surface area (Å²) in [5.74, 6) is -0.528. The van der Waals surface area contributed by atoms with E-state index >= 15 is 0 Å². The summed E-state index contributed by atoms with van der Waals surface area (Å²) < 4.78 is 4.67. The number of nitrogens with one attached hydrogen (secondary N) is 2. The Bertz CT molecular complexity index is 924. The molecule has 0 saturated carbocycles. The third-order valence-electron chi connectivity index (χ3n) is 4.39. The zero-order chi connectivity index (χ0) is 18.0. The van der Waals surface area contributed by atoms with Crippen molar-refractivity contribution in [2.75, 3.05) is 12.4 Å². The molecule has 128 valence electrons. The van der Waals surface area contributed by atoms with Crippen molar-refractivity contribution in [3.05, 3.63) is 65.9 Å². The van der Waals surface area contributed by atoms with Gasteiger partial charge in [0.25, 0.3) is 0 Å². The summed E-state index contributed by atoms with van der Waals surface area (Å²) in [6, 6.07) is 14.5. The molecule has 0 aliphatic carbocycles. The summed E-state index contributed by atoms with van der Waals surface area (Å²) in [4.78, 5) is 27.5. The van der Waals surface area contributed by atoms with Gasteiger partial charge in [-0.15, -0.1) is 0 Å². The number of carbonyl (C=O) groups excluding carboxylic acids is 2. The molecule has 0 aliphatic rings. The van der Waals surface area contributed by atoms with Crippen molar-refractivity contribution < 1.29 is 14.3 Å². The fraction of sp³-hybridized carbons (Fsp3) is 0.200. The number of rotatable bonds is 4. The zero-order valence-corrected chi connectivity index (χ0v) is 14.4. The molecule has 5 heteroatoms. The highest BCUT2D eigenvalue weighted by molar-refractivity contribution is 6.02. The molecule has 0 unspecified atom stereocenters. The van der Waals surface area contributed by atoms with E-state index in [2.05, 4.69) is 15.0 Å². The number of esters is 1. The van der Waals surface area contributed by atoms with Crippen LogP contribution in [0.4, 0.5) is 5.69 Å². The van der Waals surface area contributed by atoms with Gasteiger partial charge in [-0.2, -0.15) is 0 Å². The lowest BCUT2D eigenvalue weighted by atomic mass is 9.83. The van der Waals surface area contributed by atoms with Crippen LogP contribution in [0.25, 0.3) is 10.9 Å². The molecule has 0 saturated heterocycles. The monoisotopic (exact) mass is 336 g/mol. The van der Waals surface area contributed by atoms with Gasteiger partial charge in [0, 0.05) is 22.8 Å². The summed E-state index contributed by atoms with van der Waals surface area (Å²) in [7, 11) is 1.34. The molecule has 0 aliphatic heterocycles. The highest BCUT2D eigenvalue weighted by Crippen LogP contribution is 2.31. The molecule has 0 fully saturated rings. The van der Waals surface area contributed by atoms with Crippen LogP contribution in [0.5, 0.6) is 0 Å².